The van der Waals surface area contributed by atoms with Gasteiger partial charge in [-0.15, -0.1) is 0 Å². The molecule has 1 aliphatic heterocycles. The van der Waals surface area contributed by atoms with E-state index in [2.05, 4.69) is 16.0 Å². The Morgan fingerprint density at radius 1 is 1.42 bits per heavy atom. The molecule has 19 heavy (non-hydrogen) atoms. The van der Waals surface area contributed by atoms with Crippen LogP contribution in [0.4, 0.5) is 0 Å². The molecule has 4 heteroatoms. The van der Waals surface area contributed by atoms with Crippen LogP contribution in [0.5, 0.6) is 5.75 Å². The molecule has 0 atom stereocenters. The van der Waals surface area contributed by atoms with Crippen LogP contribution in [0.2, 0.25) is 0 Å². The highest BCUT2D eigenvalue weighted by atomic mass is 16.5. The van der Waals surface area contributed by atoms with Gasteiger partial charge in [-0.3, -0.25) is 4.79 Å². The zero-order valence-electron chi connectivity index (χ0n) is 11.1. The van der Waals surface area contributed by atoms with Gasteiger partial charge in [-0.25, -0.2) is 4.98 Å². The Balaban J connectivity index is 2.16. The van der Waals surface area contributed by atoms with Gasteiger partial charge in [-0.05, 0) is 30.7 Å². The van der Waals surface area contributed by atoms with Crippen molar-refractivity contribution in [2.75, 3.05) is 6.61 Å². The number of aromatic amines is 1. The molecule has 0 fully saturated rings. The summed E-state index contributed by atoms with van der Waals surface area (Å²) >= 11 is 0. The molecule has 0 saturated heterocycles. The summed E-state index contributed by atoms with van der Waals surface area (Å²) in [5.41, 5.74) is 3.56. The van der Waals surface area contributed by atoms with Crippen molar-refractivity contribution >= 4 is 0 Å². The maximum absolute atomic E-state index is 11.9. The fourth-order valence-corrected chi connectivity index (χ4v) is 2.36. The van der Waals surface area contributed by atoms with Crippen molar-refractivity contribution < 1.29 is 4.74 Å². The molecule has 3 rings (SSSR count). The molecular weight excluding hydrogens is 240 g/mol. The second-order valence-corrected chi connectivity index (χ2v) is 4.76. The van der Waals surface area contributed by atoms with Crippen molar-refractivity contribution in [1.82, 2.24) is 9.97 Å². The number of nitrogens with one attached hydrogen (secondary N) is 1. The number of nitrogens with zero attached hydrogens (tertiary/aromatic N) is 1. The van der Waals surface area contributed by atoms with Gasteiger partial charge in [0, 0.05) is 24.0 Å². The van der Waals surface area contributed by atoms with Gasteiger partial charge in [0.2, 0.25) is 0 Å². The maximum atomic E-state index is 11.9. The number of aromatic nitrogens is 2. The molecular formula is C15H16N2O2. The molecule has 2 heterocycles. The van der Waals surface area contributed by atoms with Gasteiger partial charge in [0.1, 0.15) is 11.6 Å². The summed E-state index contributed by atoms with van der Waals surface area (Å²) in [6.07, 6.45) is 1.64. The maximum Gasteiger partial charge on any atom is 0.254 e. The van der Waals surface area contributed by atoms with Crippen LogP contribution in [-0.4, -0.2) is 16.6 Å². The summed E-state index contributed by atoms with van der Waals surface area (Å²) in [6, 6.07) is 6.01. The fraction of sp³-hybridized carbons (Fsp3) is 0.333. The standard InChI is InChI=1S/C15H16N2O2/c1-3-13-16-14(9(2)15(18)17-13)11-4-5-12-10(8-11)6-7-19-12/h4-5,8H,3,6-7H2,1-2H3,(H,16,17,18). The van der Waals surface area contributed by atoms with Crippen molar-refractivity contribution in [1.29, 1.82) is 0 Å². The molecule has 2 aromatic rings. The van der Waals surface area contributed by atoms with E-state index < -0.39 is 0 Å². The van der Waals surface area contributed by atoms with E-state index in [-0.39, 0.29) is 5.56 Å². The molecule has 1 N–H and O–H groups in total. The second-order valence-electron chi connectivity index (χ2n) is 4.76. The van der Waals surface area contributed by atoms with Gasteiger partial charge in [0.25, 0.3) is 5.56 Å². The Labute approximate surface area is 111 Å². The Hall–Kier alpha value is -2.10. The normalized spacial score (nSPS) is 13.2. The molecule has 0 bridgehead atoms. The first kappa shape index (κ1) is 12.0. The fourth-order valence-electron chi connectivity index (χ4n) is 2.36. The van der Waals surface area contributed by atoms with Gasteiger partial charge < -0.3 is 9.72 Å². The topological polar surface area (TPSA) is 55.0 Å². The number of benzene rings is 1. The molecule has 0 amide bonds. The molecule has 98 valence electrons. The van der Waals surface area contributed by atoms with Gasteiger partial charge in [-0.1, -0.05) is 6.92 Å². The Morgan fingerprint density at radius 2 is 2.26 bits per heavy atom. The molecule has 0 spiro atoms. The number of rotatable bonds is 2. The molecule has 0 aliphatic carbocycles. The number of ether oxygens (including phenoxy) is 1. The zero-order chi connectivity index (χ0) is 13.4. The zero-order valence-corrected chi connectivity index (χ0v) is 11.1. The number of aryl methyl sites for hydroxylation is 1. The minimum absolute atomic E-state index is 0.0569. The molecule has 1 aromatic carbocycles. The molecule has 0 radical (unpaired) electrons. The first-order valence-electron chi connectivity index (χ1n) is 6.55. The third-order valence-corrected chi connectivity index (χ3v) is 3.50. The lowest BCUT2D eigenvalue weighted by atomic mass is 10.0. The highest BCUT2D eigenvalue weighted by molar-refractivity contribution is 5.65. The Kier molecular flexibility index (Phi) is 2.85. The lowest BCUT2D eigenvalue weighted by Gasteiger charge is -2.08. The van der Waals surface area contributed by atoms with Crippen molar-refractivity contribution in [2.24, 2.45) is 0 Å². The van der Waals surface area contributed by atoms with Gasteiger partial charge in [0.15, 0.2) is 0 Å². The third-order valence-electron chi connectivity index (χ3n) is 3.50. The number of hydrogen-bond donors (Lipinski definition) is 1. The van der Waals surface area contributed by atoms with Gasteiger partial charge in [-0.2, -0.15) is 0 Å². The first-order chi connectivity index (χ1) is 9.19. The monoisotopic (exact) mass is 256 g/mol. The van der Waals surface area contributed by atoms with Crippen LogP contribution < -0.4 is 10.3 Å². The molecule has 1 aromatic heterocycles. The number of H-pyrrole nitrogens is 1. The average Bonchev–Trinajstić information content (AvgIpc) is 2.88. The quantitative estimate of drug-likeness (QED) is 0.896. The predicted molar refractivity (Wildman–Crippen MR) is 73.6 cm³/mol. The van der Waals surface area contributed by atoms with Crippen molar-refractivity contribution in [3.63, 3.8) is 0 Å². The highest BCUT2D eigenvalue weighted by Gasteiger charge is 2.15. The highest BCUT2D eigenvalue weighted by Crippen LogP contribution is 2.30. The number of fused-ring (bicyclic) bond motifs is 1. The van der Waals surface area contributed by atoms with Crippen LogP contribution in [0.25, 0.3) is 11.3 Å². The van der Waals surface area contributed by atoms with E-state index in [4.69, 9.17) is 4.74 Å². The van der Waals surface area contributed by atoms with Gasteiger partial charge >= 0.3 is 0 Å². The van der Waals surface area contributed by atoms with E-state index in [1.807, 2.05) is 26.0 Å². The molecule has 0 saturated carbocycles. The van der Waals surface area contributed by atoms with Crippen LogP contribution in [0.3, 0.4) is 0 Å². The van der Waals surface area contributed by atoms with E-state index >= 15 is 0 Å². The van der Waals surface area contributed by atoms with Crippen molar-refractivity contribution in [2.45, 2.75) is 26.7 Å². The van der Waals surface area contributed by atoms with E-state index in [0.29, 0.717) is 5.56 Å². The summed E-state index contributed by atoms with van der Waals surface area (Å²) in [5, 5.41) is 0. The summed E-state index contributed by atoms with van der Waals surface area (Å²) in [7, 11) is 0. The van der Waals surface area contributed by atoms with Crippen molar-refractivity contribution in [3.8, 4) is 17.0 Å². The van der Waals surface area contributed by atoms with Crippen molar-refractivity contribution in [3.05, 3.63) is 45.5 Å². The lowest BCUT2D eigenvalue weighted by Crippen LogP contribution is -2.15. The van der Waals surface area contributed by atoms with E-state index in [0.717, 1.165) is 42.3 Å². The number of hydrogen-bond acceptors (Lipinski definition) is 3. The van der Waals surface area contributed by atoms with E-state index in [1.165, 1.54) is 5.56 Å². The minimum Gasteiger partial charge on any atom is -0.493 e. The molecule has 0 unspecified atom stereocenters. The van der Waals surface area contributed by atoms with Crippen LogP contribution in [0.15, 0.2) is 23.0 Å². The van der Waals surface area contributed by atoms with Crippen LogP contribution in [0, 0.1) is 6.92 Å². The smallest absolute Gasteiger partial charge is 0.254 e. The first-order valence-corrected chi connectivity index (χ1v) is 6.55. The van der Waals surface area contributed by atoms with Crippen LogP contribution >= 0.6 is 0 Å². The second kappa shape index (κ2) is 4.53. The Bertz CT molecular complexity index is 689. The molecule has 1 aliphatic rings. The largest absolute Gasteiger partial charge is 0.493 e. The SMILES string of the molecule is CCc1nc(-c2ccc3c(c2)CCO3)c(C)c(=O)[nH]1. The van der Waals surface area contributed by atoms with Gasteiger partial charge in [0.05, 0.1) is 12.3 Å². The molecule has 4 nitrogen and oxygen atoms in total. The summed E-state index contributed by atoms with van der Waals surface area (Å²) in [5.74, 6) is 1.67. The average molecular weight is 256 g/mol. The van der Waals surface area contributed by atoms with E-state index in [9.17, 15) is 4.79 Å². The lowest BCUT2D eigenvalue weighted by molar-refractivity contribution is 0.357. The van der Waals surface area contributed by atoms with E-state index in [1.54, 1.807) is 0 Å². The summed E-state index contributed by atoms with van der Waals surface area (Å²) in [4.78, 5) is 19.3. The van der Waals surface area contributed by atoms with Crippen LogP contribution in [-0.2, 0) is 12.8 Å². The minimum atomic E-state index is -0.0569. The summed E-state index contributed by atoms with van der Waals surface area (Å²) < 4.78 is 5.50. The van der Waals surface area contributed by atoms with Crippen LogP contribution in [0.1, 0.15) is 23.9 Å². The predicted octanol–water partition coefficient (Wildman–Crippen LogP) is 2.24. The Morgan fingerprint density at radius 3 is 3.05 bits per heavy atom. The third kappa shape index (κ3) is 2.03. The summed E-state index contributed by atoms with van der Waals surface area (Å²) in [6.45, 7) is 4.53.